The molecule has 2 aromatic carbocycles. The number of ether oxygens (including phenoxy) is 1. The number of rotatable bonds is 4. The summed E-state index contributed by atoms with van der Waals surface area (Å²) in [5.74, 6) is -1.54. The molecule has 0 saturated carbocycles. The Morgan fingerprint density at radius 1 is 1.15 bits per heavy atom. The maximum absolute atomic E-state index is 12.7. The standard InChI is InChI=1S/C18H16ClN3O4/c1-26-14-8-6-13(7-9-14)22-17(24)15(10-20-18(22)25)16(23)21-12-4-2-11(19)3-5-12/h2-9,15H,10H2,1H3,(H,20,25)(H,21,23). The lowest BCUT2D eigenvalue weighted by Crippen LogP contribution is -2.58. The Balaban J connectivity index is 1.78. The predicted molar refractivity (Wildman–Crippen MR) is 97.5 cm³/mol. The highest BCUT2D eigenvalue weighted by Crippen LogP contribution is 2.24. The molecule has 1 saturated heterocycles. The number of amides is 4. The Labute approximate surface area is 154 Å². The summed E-state index contributed by atoms with van der Waals surface area (Å²) in [5.41, 5.74) is 0.873. The minimum absolute atomic E-state index is 0.0657. The zero-order valence-corrected chi connectivity index (χ0v) is 14.6. The molecular formula is C18H16ClN3O4. The van der Waals surface area contributed by atoms with Gasteiger partial charge in [-0.1, -0.05) is 11.6 Å². The van der Waals surface area contributed by atoms with E-state index < -0.39 is 23.8 Å². The molecule has 8 heteroatoms. The Hall–Kier alpha value is -3.06. The first-order valence-corrected chi connectivity index (χ1v) is 8.19. The van der Waals surface area contributed by atoms with E-state index in [9.17, 15) is 14.4 Å². The molecular weight excluding hydrogens is 358 g/mol. The first kappa shape index (κ1) is 17.8. The molecule has 1 heterocycles. The number of nitrogens with one attached hydrogen (secondary N) is 2. The Kier molecular flexibility index (Phi) is 5.09. The van der Waals surface area contributed by atoms with Crippen LogP contribution < -0.4 is 20.3 Å². The van der Waals surface area contributed by atoms with Gasteiger partial charge in [-0.15, -0.1) is 0 Å². The molecule has 1 aliphatic heterocycles. The smallest absolute Gasteiger partial charge is 0.328 e. The highest BCUT2D eigenvalue weighted by molar-refractivity contribution is 6.30. The quantitative estimate of drug-likeness (QED) is 0.806. The summed E-state index contributed by atoms with van der Waals surface area (Å²) in [6, 6.07) is 12.4. The fraction of sp³-hybridized carbons (Fsp3) is 0.167. The Bertz CT molecular complexity index is 837. The third-order valence-corrected chi connectivity index (χ3v) is 4.19. The number of hydrogen-bond donors (Lipinski definition) is 2. The van der Waals surface area contributed by atoms with Gasteiger partial charge in [-0.2, -0.15) is 0 Å². The molecule has 4 amide bonds. The van der Waals surface area contributed by atoms with Crippen LogP contribution in [0.1, 0.15) is 0 Å². The second kappa shape index (κ2) is 7.45. The van der Waals surface area contributed by atoms with E-state index in [1.54, 1.807) is 48.5 Å². The molecule has 0 radical (unpaired) electrons. The lowest BCUT2D eigenvalue weighted by Gasteiger charge is -2.30. The molecule has 1 atom stereocenters. The summed E-state index contributed by atoms with van der Waals surface area (Å²) in [7, 11) is 1.52. The van der Waals surface area contributed by atoms with Crippen molar-refractivity contribution in [2.45, 2.75) is 0 Å². The van der Waals surface area contributed by atoms with Crippen molar-refractivity contribution in [3.63, 3.8) is 0 Å². The summed E-state index contributed by atoms with van der Waals surface area (Å²) >= 11 is 5.81. The van der Waals surface area contributed by atoms with Gasteiger partial charge in [-0.25, -0.2) is 9.69 Å². The fourth-order valence-corrected chi connectivity index (χ4v) is 2.68. The third kappa shape index (κ3) is 3.62. The van der Waals surface area contributed by atoms with E-state index in [0.29, 0.717) is 22.1 Å². The van der Waals surface area contributed by atoms with Crippen LogP contribution in [0, 0.1) is 5.92 Å². The molecule has 1 unspecified atom stereocenters. The summed E-state index contributed by atoms with van der Waals surface area (Å²) in [6.45, 7) is -0.0657. The normalized spacial score (nSPS) is 16.8. The molecule has 26 heavy (non-hydrogen) atoms. The second-order valence-corrected chi connectivity index (χ2v) is 6.04. The van der Waals surface area contributed by atoms with Crippen LogP contribution in [0.3, 0.4) is 0 Å². The van der Waals surface area contributed by atoms with Gasteiger partial charge in [0.05, 0.1) is 12.8 Å². The van der Waals surface area contributed by atoms with Crippen LogP contribution in [0.2, 0.25) is 5.02 Å². The second-order valence-electron chi connectivity index (χ2n) is 5.61. The fourth-order valence-electron chi connectivity index (χ4n) is 2.55. The highest BCUT2D eigenvalue weighted by Gasteiger charge is 2.39. The molecule has 7 nitrogen and oxygen atoms in total. The van der Waals surface area contributed by atoms with Gasteiger partial charge in [0.1, 0.15) is 11.7 Å². The van der Waals surface area contributed by atoms with Gasteiger partial charge in [0.15, 0.2) is 0 Å². The number of anilines is 2. The Morgan fingerprint density at radius 2 is 1.81 bits per heavy atom. The third-order valence-electron chi connectivity index (χ3n) is 3.94. The van der Waals surface area contributed by atoms with Gasteiger partial charge in [0.2, 0.25) is 11.8 Å². The largest absolute Gasteiger partial charge is 0.497 e. The average molecular weight is 374 g/mol. The molecule has 3 rings (SSSR count). The molecule has 0 aliphatic carbocycles. The number of benzene rings is 2. The van der Waals surface area contributed by atoms with Crippen molar-refractivity contribution < 1.29 is 19.1 Å². The van der Waals surface area contributed by atoms with Gasteiger partial charge in [-0.05, 0) is 48.5 Å². The zero-order chi connectivity index (χ0) is 18.7. The molecule has 1 fully saturated rings. The molecule has 1 aliphatic rings. The van der Waals surface area contributed by atoms with E-state index in [0.717, 1.165) is 4.90 Å². The first-order chi connectivity index (χ1) is 12.5. The number of carbonyl (C=O) groups is 3. The SMILES string of the molecule is COc1ccc(N2C(=O)NCC(C(=O)Nc3ccc(Cl)cc3)C2=O)cc1. The minimum atomic E-state index is -1.04. The summed E-state index contributed by atoms with van der Waals surface area (Å²) in [4.78, 5) is 38.3. The number of halogens is 1. The maximum atomic E-state index is 12.7. The van der Waals surface area contributed by atoms with Crippen molar-refractivity contribution in [3.05, 3.63) is 53.6 Å². The van der Waals surface area contributed by atoms with Crippen molar-refractivity contribution >= 4 is 40.8 Å². The van der Waals surface area contributed by atoms with E-state index >= 15 is 0 Å². The Morgan fingerprint density at radius 3 is 2.42 bits per heavy atom. The van der Waals surface area contributed by atoms with Crippen LogP contribution >= 0.6 is 11.6 Å². The van der Waals surface area contributed by atoms with Crippen LogP contribution in [0.15, 0.2) is 48.5 Å². The van der Waals surface area contributed by atoms with E-state index in [1.807, 2.05) is 0 Å². The maximum Gasteiger partial charge on any atom is 0.328 e. The number of imide groups is 1. The van der Waals surface area contributed by atoms with Gasteiger partial charge >= 0.3 is 6.03 Å². The van der Waals surface area contributed by atoms with Crippen LogP contribution in [-0.2, 0) is 9.59 Å². The van der Waals surface area contributed by atoms with E-state index in [-0.39, 0.29) is 6.54 Å². The van der Waals surface area contributed by atoms with E-state index in [4.69, 9.17) is 16.3 Å². The summed E-state index contributed by atoms with van der Waals surface area (Å²) in [5, 5.41) is 5.76. The van der Waals surface area contributed by atoms with Crippen LogP contribution in [-0.4, -0.2) is 31.5 Å². The van der Waals surface area contributed by atoms with Gasteiger partial charge in [0, 0.05) is 17.3 Å². The van der Waals surface area contributed by atoms with E-state index in [1.165, 1.54) is 7.11 Å². The summed E-state index contributed by atoms with van der Waals surface area (Å²) in [6.07, 6.45) is 0. The van der Waals surface area contributed by atoms with Gasteiger partial charge < -0.3 is 15.4 Å². The van der Waals surface area contributed by atoms with Crippen LogP contribution in [0.25, 0.3) is 0 Å². The zero-order valence-electron chi connectivity index (χ0n) is 13.9. The molecule has 2 aromatic rings. The minimum Gasteiger partial charge on any atom is -0.497 e. The highest BCUT2D eigenvalue weighted by atomic mass is 35.5. The van der Waals surface area contributed by atoms with Crippen molar-refractivity contribution in [2.75, 3.05) is 23.9 Å². The molecule has 0 aromatic heterocycles. The number of methoxy groups -OCH3 is 1. The number of hydrogen-bond acceptors (Lipinski definition) is 4. The van der Waals surface area contributed by atoms with Crippen molar-refractivity contribution in [1.29, 1.82) is 0 Å². The van der Waals surface area contributed by atoms with Gasteiger partial charge in [-0.3, -0.25) is 9.59 Å². The first-order valence-electron chi connectivity index (χ1n) is 7.82. The van der Waals surface area contributed by atoms with Crippen molar-refractivity contribution in [2.24, 2.45) is 5.92 Å². The average Bonchev–Trinajstić information content (AvgIpc) is 2.64. The van der Waals surface area contributed by atoms with Crippen molar-refractivity contribution in [1.82, 2.24) is 5.32 Å². The number of carbonyl (C=O) groups excluding carboxylic acids is 3. The van der Waals surface area contributed by atoms with E-state index in [2.05, 4.69) is 10.6 Å². The lowest BCUT2D eigenvalue weighted by atomic mass is 10.0. The molecule has 2 N–H and O–H groups in total. The van der Waals surface area contributed by atoms with Crippen LogP contribution in [0.4, 0.5) is 16.2 Å². The molecule has 0 bridgehead atoms. The lowest BCUT2D eigenvalue weighted by molar-refractivity contribution is -0.130. The molecule has 0 spiro atoms. The molecule has 134 valence electrons. The van der Waals surface area contributed by atoms with Crippen LogP contribution in [0.5, 0.6) is 5.75 Å². The summed E-state index contributed by atoms with van der Waals surface area (Å²) < 4.78 is 5.07. The topological polar surface area (TPSA) is 87.7 Å². The predicted octanol–water partition coefficient (Wildman–Crippen LogP) is 2.66. The number of nitrogens with zero attached hydrogens (tertiary/aromatic N) is 1. The number of urea groups is 1. The van der Waals surface area contributed by atoms with Crippen molar-refractivity contribution in [3.8, 4) is 5.75 Å². The monoisotopic (exact) mass is 373 g/mol. The van der Waals surface area contributed by atoms with Gasteiger partial charge in [0.25, 0.3) is 0 Å².